The number of anilines is 1. The minimum atomic E-state index is -2.78. The van der Waals surface area contributed by atoms with Gasteiger partial charge >= 0.3 is 0 Å². The highest BCUT2D eigenvalue weighted by Crippen LogP contribution is 2.38. The van der Waals surface area contributed by atoms with E-state index in [0.29, 0.717) is 26.1 Å². The number of fused-ring (bicyclic) bond motifs is 1. The molecule has 2 N–H and O–H groups in total. The van der Waals surface area contributed by atoms with Crippen LogP contribution < -0.4 is 14.8 Å². The Morgan fingerprint density at radius 1 is 1.16 bits per heavy atom. The zero-order valence-electron chi connectivity index (χ0n) is 17.5. The predicted octanol–water partition coefficient (Wildman–Crippen LogP) is 5.24. The van der Waals surface area contributed by atoms with Gasteiger partial charge in [-0.1, -0.05) is 13.8 Å². The van der Waals surface area contributed by atoms with Crippen molar-refractivity contribution in [2.45, 2.75) is 33.1 Å². The smallest absolute Gasteiger partial charge is 0.296 e. The van der Waals surface area contributed by atoms with Gasteiger partial charge in [-0.25, -0.2) is 13.8 Å². The van der Waals surface area contributed by atoms with E-state index in [1.165, 1.54) is 30.3 Å². The van der Waals surface area contributed by atoms with Gasteiger partial charge in [0.15, 0.2) is 17.3 Å². The first kappa shape index (κ1) is 22.9. The van der Waals surface area contributed by atoms with Gasteiger partial charge in [0, 0.05) is 11.6 Å². The zero-order valence-corrected chi connectivity index (χ0v) is 17.5. The summed E-state index contributed by atoms with van der Waals surface area (Å²) in [7, 11) is 0. The van der Waals surface area contributed by atoms with Crippen molar-refractivity contribution >= 4 is 28.3 Å². The molecule has 3 rings (SSSR count). The van der Waals surface area contributed by atoms with Crippen molar-refractivity contribution in [3.05, 3.63) is 51.8 Å². The van der Waals surface area contributed by atoms with Crippen molar-refractivity contribution in [2.75, 3.05) is 18.5 Å². The molecule has 11 heteroatoms. The van der Waals surface area contributed by atoms with Gasteiger partial charge in [0.1, 0.15) is 5.69 Å². The summed E-state index contributed by atoms with van der Waals surface area (Å²) >= 11 is 0. The van der Waals surface area contributed by atoms with E-state index in [2.05, 4.69) is 15.3 Å². The Bertz CT molecular complexity index is 1130. The maximum atomic E-state index is 12.8. The number of ether oxygens (including phenoxy) is 2. The van der Waals surface area contributed by atoms with Crippen LogP contribution in [0.3, 0.4) is 0 Å². The molecular weight excluding hydrogens is 426 g/mol. The average molecular weight is 448 g/mol. The predicted molar refractivity (Wildman–Crippen MR) is 114 cm³/mol. The molecule has 1 amide bonds. The van der Waals surface area contributed by atoms with Gasteiger partial charge in [-0.05, 0) is 31.0 Å². The Labute approximate surface area is 181 Å². The Morgan fingerprint density at radius 2 is 1.81 bits per heavy atom. The van der Waals surface area contributed by atoms with Crippen LogP contribution in [-0.2, 0) is 0 Å². The fourth-order valence-corrected chi connectivity index (χ4v) is 2.92. The van der Waals surface area contributed by atoms with Crippen LogP contribution >= 0.6 is 0 Å². The number of hydrogen-bond donors (Lipinski definition) is 2. The number of H-pyrrole nitrogens is 1. The molecule has 0 bridgehead atoms. The number of amides is 1. The summed E-state index contributed by atoms with van der Waals surface area (Å²) in [4.78, 5) is 29.9. The van der Waals surface area contributed by atoms with E-state index in [4.69, 9.17) is 9.47 Å². The molecule has 0 fully saturated rings. The fraction of sp³-hybridized carbons (Fsp3) is 0.333. The largest absolute Gasteiger partial charge is 0.490 e. The van der Waals surface area contributed by atoms with Crippen LogP contribution in [0.2, 0.25) is 0 Å². The molecule has 3 aromatic rings. The Balaban J connectivity index is 1.94. The molecule has 0 spiro atoms. The molecule has 2 aromatic carbocycles. The van der Waals surface area contributed by atoms with Gasteiger partial charge < -0.3 is 19.8 Å². The molecule has 1 aromatic heterocycles. The number of rotatable bonds is 10. The summed E-state index contributed by atoms with van der Waals surface area (Å²) in [5.74, 6) is -0.685. The molecule has 0 aliphatic rings. The van der Waals surface area contributed by atoms with Crippen LogP contribution in [0.4, 0.5) is 20.2 Å². The van der Waals surface area contributed by atoms with Crippen molar-refractivity contribution in [1.82, 2.24) is 9.97 Å². The third-order valence-electron chi connectivity index (χ3n) is 4.40. The maximum absolute atomic E-state index is 12.8. The van der Waals surface area contributed by atoms with Crippen molar-refractivity contribution in [3.63, 3.8) is 0 Å². The molecule has 0 aliphatic heterocycles. The van der Waals surface area contributed by atoms with Gasteiger partial charge in [-0.3, -0.25) is 14.9 Å². The number of aromatic nitrogens is 2. The van der Waals surface area contributed by atoms with Gasteiger partial charge in [0.2, 0.25) is 0 Å². The molecular formula is C21H22F2N4O5. The number of halogens is 2. The second kappa shape index (κ2) is 10.0. The summed E-state index contributed by atoms with van der Waals surface area (Å²) in [6.45, 7) is 4.51. The van der Waals surface area contributed by atoms with E-state index >= 15 is 0 Å². The lowest BCUT2D eigenvalue weighted by Crippen LogP contribution is -2.14. The lowest BCUT2D eigenvalue weighted by Gasteiger charge is -2.14. The highest BCUT2D eigenvalue weighted by atomic mass is 19.3. The lowest BCUT2D eigenvalue weighted by molar-refractivity contribution is -0.384. The number of nitro benzene ring substituents is 1. The third-order valence-corrected chi connectivity index (χ3v) is 4.40. The molecule has 170 valence electrons. The third kappa shape index (κ3) is 5.10. The fourth-order valence-electron chi connectivity index (χ4n) is 2.92. The molecule has 0 saturated carbocycles. The highest BCUT2D eigenvalue weighted by Gasteiger charge is 2.23. The van der Waals surface area contributed by atoms with Crippen LogP contribution in [0.5, 0.6) is 11.5 Å². The lowest BCUT2D eigenvalue weighted by atomic mass is 10.1. The molecule has 1 heterocycles. The SMILES string of the molecule is CCCOc1cc(NC(=O)c2ccc3nc(C(F)F)[nH]c3c2)c([N+](=O)[O-])cc1OCCC. The monoisotopic (exact) mass is 448 g/mol. The minimum Gasteiger partial charge on any atom is -0.490 e. The quantitative estimate of drug-likeness (QED) is 0.323. The molecule has 0 aliphatic carbocycles. The normalized spacial score (nSPS) is 11.0. The second-order valence-electron chi connectivity index (χ2n) is 6.88. The van der Waals surface area contributed by atoms with E-state index in [0.717, 1.165) is 0 Å². The first-order valence-corrected chi connectivity index (χ1v) is 10.0. The highest BCUT2D eigenvalue weighted by molar-refractivity contribution is 6.07. The van der Waals surface area contributed by atoms with E-state index in [1.807, 2.05) is 13.8 Å². The number of benzene rings is 2. The van der Waals surface area contributed by atoms with Gasteiger partial charge in [0.25, 0.3) is 18.0 Å². The second-order valence-corrected chi connectivity index (χ2v) is 6.88. The zero-order chi connectivity index (χ0) is 23.3. The first-order valence-electron chi connectivity index (χ1n) is 10.0. The minimum absolute atomic E-state index is 0.0760. The van der Waals surface area contributed by atoms with Crippen LogP contribution in [0, 0.1) is 10.1 Å². The molecule has 32 heavy (non-hydrogen) atoms. The number of imidazole rings is 1. The average Bonchev–Trinajstić information content (AvgIpc) is 3.20. The van der Waals surface area contributed by atoms with Crippen LogP contribution in [-0.4, -0.2) is 34.0 Å². The van der Waals surface area contributed by atoms with Crippen molar-refractivity contribution in [3.8, 4) is 11.5 Å². The van der Waals surface area contributed by atoms with E-state index in [9.17, 15) is 23.7 Å². The van der Waals surface area contributed by atoms with E-state index < -0.39 is 23.1 Å². The van der Waals surface area contributed by atoms with Crippen molar-refractivity contribution < 1.29 is 28.0 Å². The van der Waals surface area contributed by atoms with Crippen molar-refractivity contribution in [2.24, 2.45) is 0 Å². The van der Waals surface area contributed by atoms with E-state index in [1.54, 1.807) is 0 Å². The number of hydrogen-bond acceptors (Lipinski definition) is 6. The first-order chi connectivity index (χ1) is 15.3. The summed E-state index contributed by atoms with van der Waals surface area (Å²) in [5.41, 5.74) is 0.190. The number of nitro groups is 1. The summed E-state index contributed by atoms with van der Waals surface area (Å²) in [5, 5.41) is 14.1. The van der Waals surface area contributed by atoms with Gasteiger partial charge in [-0.2, -0.15) is 0 Å². The van der Waals surface area contributed by atoms with E-state index in [-0.39, 0.29) is 39.5 Å². The Morgan fingerprint density at radius 3 is 2.41 bits per heavy atom. The molecule has 9 nitrogen and oxygen atoms in total. The number of nitrogens with one attached hydrogen (secondary N) is 2. The Hall–Kier alpha value is -3.76. The van der Waals surface area contributed by atoms with Crippen LogP contribution in [0.25, 0.3) is 11.0 Å². The van der Waals surface area contributed by atoms with Crippen molar-refractivity contribution in [1.29, 1.82) is 0 Å². The Kier molecular flexibility index (Phi) is 7.18. The number of carbonyl (C=O) groups is 1. The van der Waals surface area contributed by atoms with Gasteiger partial charge in [-0.15, -0.1) is 0 Å². The number of aromatic amines is 1. The molecule has 0 saturated heterocycles. The summed E-state index contributed by atoms with van der Waals surface area (Å²) < 4.78 is 36.9. The molecule has 0 unspecified atom stereocenters. The number of nitrogens with zero attached hydrogens (tertiary/aromatic N) is 2. The molecule has 0 radical (unpaired) electrons. The topological polar surface area (TPSA) is 119 Å². The summed E-state index contributed by atoms with van der Waals surface area (Å²) in [6, 6.07) is 6.72. The number of alkyl halides is 2. The summed E-state index contributed by atoms with van der Waals surface area (Å²) in [6.07, 6.45) is -1.38. The molecule has 0 atom stereocenters. The van der Waals surface area contributed by atoms with Crippen LogP contribution in [0.1, 0.15) is 49.3 Å². The number of carbonyl (C=O) groups excluding carboxylic acids is 1. The van der Waals surface area contributed by atoms with Crippen LogP contribution in [0.15, 0.2) is 30.3 Å². The standard InChI is InChI=1S/C21H22F2N4O5/c1-3-7-31-17-10-15(16(27(29)30)11-18(17)32-8-4-2)26-21(28)12-5-6-13-14(9-12)25-20(24-13)19(22)23/h5-6,9-11,19H,3-4,7-8H2,1-2H3,(H,24,25)(H,26,28). The maximum Gasteiger partial charge on any atom is 0.296 e. The van der Waals surface area contributed by atoms with Gasteiger partial charge in [0.05, 0.1) is 35.2 Å².